The third-order valence-corrected chi connectivity index (χ3v) is 5.71. The topological polar surface area (TPSA) is 146 Å². The number of ether oxygens (including phenoxy) is 4. The molecule has 0 spiro atoms. The molecule has 2 aromatic carbocycles. The molecule has 2 amide bonds. The van der Waals surface area contributed by atoms with Gasteiger partial charge in [0.15, 0.2) is 0 Å². The first-order valence-corrected chi connectivity index (χ1v) is 12.9. The van der Waals surface area contributed by atoms with Crippen LogP contribution in [0.5, 0.6) is 11.5 Å². The van der Waals surface area contributed by atoms with E-state index in [9.17, 15) is 9.59 Å². The molecule has 1 fully saturated rings. The third kappa shape index (κ3) is 8.03. The van der Waals surface area contributed by atoms with E-state index in [1.54, 1.807) is 85.2 Å². The number of hydrogen-bond acceptors (Lipinski definition) is 10. The molecule has 12 heteroatoms. The molecule has 5 rings (SSSR count). The van der Waals surface area contributed by atoms with E-state index in [1.807, 2.05) is 12.1 Å². The van der Waals surface area contributed by atoms with Crippen LogP contribution < -0.4 is 20.3 Å². The van der Waals surface area contributed by atoms with E-state index in [0.717, 1.165) is 0 Å². The molecule has 2 unspecified atom stereocenters. The molecule has 3 heterocycles. The number of benzene rings is 2. The Labute approximate surface area is 241 Å². The SMILES string of the molecule is O=C(N/N=C/c1ccccn1)c1ccc(OC2OCCOC2Oc2ccc(C(=O)N/N=C/c3ccccn3)cc2)cc1. The Morgan fingerprint density at radius 3 is 1.48 bits per heavy atom. The lowest BCUT2D eigenvalue weighted by Gasteiger charge is -2.31. The van der Waals surface area contributed by atoms with E-state index < -0.39 is 12.6 Å². The highest BCUT2D eigenvalue weighted by molar-refractivity contribution is 5.95. The molecule has 0 bridgehead atoms. The molecule has 1 saturated heterocycles. The van der Waals surface area contributed by atoms with Crippen LogP contribution >= 0.6 is 0 Å². The second-order valence-electron chi connectivity index (χ2n) is 8.67. The number of pyridine rings is 2. The van der Waals surface area contributed by atoms with Gasteiger partial charge in [-0.3, -0.25) is 19.6 Å². The smallest absolute Gasteiger partial charge is 0.271 e. The van der Waals surface area contributed by atoms with Crippen LogP contribution in [0, 0.1) is 0 Å². The van der Waals surface area contributed by atoms with Crippen LogP contribution in [0.2, 0.25) is 0 Å². The lowest BCUT2D eigenvalue weighted by Crippen LogP contribution is -2.45. The summed E-state index contributed by atoms with van der Waals surface area (Å²) in [5.41, 5.74) is 6.94. The maximum absolute atomic E-state index is 12.4. The van der Waals surface area contributed by atoms with Gasteiger partial charge < -0.3 is 18.9 Å². The van der Waals surface area contributed by atoms with Gasteiger partial charge >= 0.3 is 0 Å². The second-order valence-corrected chi connectivity index (χ2v) is 8.67. The molecule has 1 aliphatic heterocycles. The van der Waals surface area contributed by atoms with E-state index in [-0.39, 0.29) is 11.8 Å². The molecule has 0 saturated carbocycles. The van der Waals surface area contributed by atoms with Gasteiger partial charge in [-0.05, 0) is 72.8 Å². The van der Waals surface area contributed by atoms with Gasteiger partial charge in [-0.25, -0.2) is 10.9 Å². The summed E-state index contributed by atoms with van der Waals surface area (Å²) in [6, 6.07) is 23.7. The number of hydrazone groups is 2. The van der Waals surface area contributed by atoms with Crippen molar-refractivity contribution in [2.24, 2.45) is 10.2 Å². The lowest BCUT2D eigenvalue weighted by molar-refractivity contribution is -0.271. The fourth-order valence-corrected chi connectivity index (χ4v) is 3.65. The Bertz CT molecular complexity index is 1400. The fraction of sp³-hybridized carbons (Fsp3) is 0.133. The van der Waals surface area contributed by atoms with Gasteiger partial charge in [0.05, 0.1) is 37.0 Å². The van der Waals surface area contributed by atoms with Crippen LogP contribution in [0.1, 0.15) is 32.1 Å². The first-order valence-electron chi connectivity index (χ1n) is 12.9. The van der Waals surface area contributed by atoms with Crippen LogP contribution in [0.25, 0.3) is 0 Å². The summed E-state index contributed by atoms with van der Waals surface area (Å²) in [7, 11) is 0. The zero-order chi connectivity index (χ0) is 29.0. The van der Waals surface area contributed by atoms with Crippen LogP contribution in [-0.4, -0.2) is 60.0 Å². The molecule has 0 aliphatic carbocycles. The fourth-order valence-electron chi connectivity index (χ4n) is 3.65. The number of rotatable bonds is 10. The van der Waals surface area contributed by atoms with Gasteiger partial charge in [0.2, 0.25) is 0 Å². The molecule has 2 N–H and O–H groups in total. The summed E-state index contributed by atoms with van der Waals surface area (Å²) >= 11 is 0. The second kappa shape index (κ2) is 14.3. The standard InChI is InChI=1S/C30H26N6O6/c37-27(35-33-19-23-5-1-3-15-31-23)21-7-11-25(12-8-21)41-29-30(40-18-17-39-29)42-26-13-9-22(10-14-26)28(38)36-34-20-24-6-2-4-16-32-24/h1-16,19-20,29-30H,17-18H2,(H,35,37)(H,36,38)/b33-19+,34-20+. The number of amides is 2. The van der Waals surface area contributed by atoms with E-state index in [4.69, 9.17) is 18.9 Å². The highest BCUT2D eigenvalue weighted by Gasteiger charge is 2.31. The number of aromatic nitrogens is 2. The summed E-state index contributed by atoms with van der Waals surface area (Å²) in [6.45, 7) is 0.634. The zero-order valence-electron chi connectivity index (χ0n) is 22.2. The van der Waals surface area contributed by atoms with E-state index in [0.29, 0.717) is 47.2 Å². The average Bonchev–Trinajstić information content (AvgIpc) is 3.03. The third-order valence-electron chi connectivity index (χ3n) is 5.71. The number of nitrogens with zero attached hydrogens (tertiary/aromatic N) is 4. The van der Waals surface area contributed by atoms with Crippen LogP contribution in [-0.2, 0) is 9.47 Å². The minimum absolute atomic E-state index is 0.317. The largest absolute Gasteiger partial charge is 0.458 e. The van der Waals surface area contributed by atoms with Crippen molar-refractivity contribution in [1.82, 2.24) is 20.8 Å². The molecular weight excluding hydrogens is 540 g/mol. The Balaban J connectivity index is 1.12. The van der Waals surface area contributed by atoms with Crippen molar-refractivity contribution in [1.29, 1.82) is 0 Å². The summed E-state index contributed by atoms with van der Waals surface area (Å²) < 4.78 is 23.3. The first-order chi connectivity index (χ1) is 20.6. The normalized spacial score (nSPS) is 16.7. The van der Waals surface area contributed by atoms with Gasteiger partial charge in [0.1, 0.15) is 11.5 Å². The molecule has 1 aliphatic rings. The Morgan fingerprint density at radius 1 is 0.667 bits per heavy atom. The average molecular weight is 567 g/mol. The number of carbonyl (C=O) groups excluding carboxylic acids is 2. The van der Waals surface area contributed by atoms with Crippen molar-refractivity contribution in [2.45, 2.75) is 12.6 Å². The maximum Gasteiger partial charge on any atom is 0.271 e. The van der Waals surface area contributed by atoms with E-state index in [2.05, 4.69) is 31.0 Å². The van der Waals surface area contributed by atoms with Crippen LogP contribution in [0.4, 0.5) is 0 Å². The van der Waals surface area contributed by atoms with E-state index in [1.165, 1.54) is 12.4 Å². The van der Waals surface area contributed by atoms with Crippen LogP contribution in [0.3, 0.4) is 0 Å². The van der Waals surface area contributed by atoms with Crippen molar-refractivity contribution in [2.75, 3.05) is 13.2 Å². The van der Waals surface area contributed by atoms with Crippen LogP contribution in [0.15, 0.2) is 108 Å². The predicted molar refractivity (Wildman–Crippen MR) is 152 cm³/mol. The minimum atomic E-state index is -0.870. The Hall–Kier alpha value is -5.46. The Kier molecular flexibility index (Phi) is 9.53. The number of carbonyl (C=O) groups is 2. The van der Waals surface area contributed by atoms with Crippen molar-refractivity contribution in [3.63, 3.8) is 0 Å². The summed E-state index contributed by atoms with van der Waals surface area (Å²) in [4.78, 5) is 33.0. The van der Waals surface area contributed by atoms with Gasteiger partial charge in [-0.2, -0.15) is 10.2 Å². The highest BCUT2D eigenvalue weighted by atomic mass is 16.8. The van der Waals surface area contributed by atoms with Gasteiger partial charge in [-0.15, -0.1) is 0 Å². The summed E-state index contributed by atoms with van der Waals surface area (Å²) in [6.07, 6.45) is 4.45. The first kappa shape index (κ1) is 28.1. The van der Waals surface area contributed by atoms with Crippen molar-refractivity contribution in [3.05, 3.63) is 120 Å². The molecule has 42 heavy (non-hydrogen) atoms. The molecule has 12 nitrogen and oxygen atoms in total. The van der Waals surface area contributed by atoms with Gasteiger partial charge in [0, 0.05) is 23.5 Å². The molecule has 2 aromatic heterocycles. The number of hydrogen-bond donors (Lipinski definition) is 2. The van der Waals surface area contributed by atoms with Crippen molar-refractivity contribution < 1.29 is 28.5 Å². The quantitative estimate of drug-likeness (QED) is 0.220. The van der Waals surface area contributed by atoms with Gasteiger partial charge in [-0.1, -0.05) is 12.1 Å². The molecule has 0 radical (unpaired) electrons. The summed E-state index contributed by atoms with van der Waals surface area (Å²) in [5, 5.41) is 7.84. The molecule has 4 aromatic rings. The maximum atomic E-state index is 12.4. The molecule has 2 atom stereocenters. The molecular formula is C30H26N6O6. The zero-order valence-corrected chi connectivity index (χ0v) is 22.2. The Morgan fingerprint density at radius 2 is 1.10 bits per heavy atom. The minimum Gasteiger partial charge on any atom is -0.458 e. The predicted octanol–water partition coefficient (Wildman–Crippen LogP) is 3.16. The van der Waals surface area contributed by atoms with Crippen molar-refractivity contribution >= 4 is 24.2 Å². The molecule has 212 valence electrons. The lowest BCUT2D eigenvalue weighted by atomic mass is 10.2. The monoisotopic (exact) mass is 566 g/mol. The van der Waals surface area contributed by atoms with Gasteiger partial charge in [0.25, 0.3) is 24.4 Å². The van der Waals surface area contributed by atoms with Crippen molar-refractivity contribution in [3.8, 4) is 11.5 Å². The number of nitrogens with one attached hydrogen (secondary N) is 2. The highest BCUT2D eigenvalue weighted by Crippen LogP contribution is 2.22. The van der Waals surface area contributed by atoms with E-state index >= 15 is 0 Å². The summed E-state index contributed by atoms with van der Waals surface area (Å²) in [5.74, 6) is 0.130.